The summed E-state index contributed by atoms with van der Waals surface area (Å²) in [5.74, 6) is 0.825. The number of nitrogens with one attached hydrogen (secondary N) is 1. The Hall–Kier alpha value is -1.85. The fourth-order valence-electron chi connectivity index (χ4n) is 2.05. The standard InChI is InChI=1S/C13H20N4O2/c1-12(2,3)19-11(18)15-13(4)8-17(9-13)10-6-5-7-14-16-10/h5-7H,8-9H2,1-4H3,(H,15,18). The summed E-state index contributed by atoms with van der Waals surface area (Å²) in [4.78, 5) is 13.8. The number of hydrogen-bond acceptors (Lipinski definition) is 5. The number of anilines is 1. The minimum Gasteiger partial charge on any atom is -0.444 e. The molecule has 0 unspecified atom stereocenters. The quantitative estimate of drug-likeness (QED) is 0.878. The Bertz CT molecular complexity index is 449. The van der Waals surface area contributed by atoms with E-state index in [1.807, 2.05) is 39.8 Å². The molecule has 1 N–H and O–H groups in total. The lowest BCUT2D eigenvalue weighted by Crippen LogP contribution is -2.69. The van der Waals surface area contributed by atoms with Gasteiger partial charge < -0.3 is 15.0 Å². The molecule has 1 aromatic rings. The van der Waals surface area contributed by atoms with E-state index in [9.17, 15) is 4.79 Å². The average Bonchev–Trinajstić information content (AvgIpc) is 2.24. The lowest BCUT2D eigenvalue weighted by molar-refractivity contribution is 0.0445. The van der Waals surface area contributed by atoms with Crippen molar-refractivity contribution >= 4 is 11.9 Å². The average molecular weight is 264 g/mol. The maximum absolute atomic E-state index is 11.7. The van der Waals surface area contributed by atoms with E-state index in [0.717, 1.165) is 5.82 Å². The summed E-state index contributed by atoms with van der Waals surface area (Å²) in [7, 11) is 0. The summed E-state index contributed by atoms with van der Waals surface area (Å²) in [5, 5.41) is 10.8. The second-order valence-electron chi connectivity index (χ2n) is 6.13. The third kappa shape index (κ3) is 3.56. The number of amides is 1. The Morgan fingerprint density at radius 3 is 2.68 bits per heavy atom. The number of nitrogens with zero attached hydrogens (tertiary/aromatic N) is 3. The van der Waals surface area contributed by atoms with Crippen molar-refractivity contribution in [1.82, 2.24) is 15.5 Å². The van der Waals surface area contributed by atoms with Gasteiger partial charge in [0.1, 0.15) is 5.60 Å². The third-order valence-electron chi connectivity index (χ3n) is 2.76. The maximum atomic E-state index is 11.7. The lowest BCUT2D eigenvalue weighted by atomic mass is 9.92. The first kappa shape index (κ1) is 13.6. The van der Waals surface area contributed by atoms with E-state index < -0.39 is 5.60 Å². The summed E-state index contributed by atoms with van der Waals surface area (Å²) in [5.41, 5.74) is -0.755. The minimum absolute atomic E-state index is 0.278. The van der Waals surface area contributed by atoms with Crippen LogP contribution in [0.15, 0.2) is 18.3 Å². The highest BCUT2D eigenvalue weighted by Gasteiger charge is 2.41. The van der Waals surface area contributed by atoms with E-state index in [2.05, 4.69) is 20.4 Å². The molecule has 0 radical (unpaired) electrons. The van der Waals surface area contributed by atoms with Crippen LogP contribution in [0.2, 0.25) is 0 Å². The van der Waals surface area contributed by atoms with Gasteiger partial charge in [0, 0.05) is 19.3 Å². The molecule has 1 aromatic heterocycles. The van der Waals surface area contributed by atoms with E-state index >= 15 is 0 Å². The first-order valence-electron chi connectivity index (χ1n) is 6.31. The predicted octanol–water partition coefficient (Wildman–Crippen LogP) is 1.58. The predicted molar refractivity (Wildman–Crippen MR) is 72.0 cm³/mol. The molecule has 1 aliphatic rings. The highest BCUT2D eigenvalue weighted by molar-refractivity contribution is 5.69. The van der Waals surface area contributed by atoms with Gasteiger partial charge >= 0.3 is 6.09 Å². The molecule has 1 amide bonds. The summed E-state index contributed by atoms with van der Waals surface area (Å²) in [6.45, 7) is 8.93. The normalized spacial score (nSPS) is 17.6. The van der Waals surface area contributed by atoms with Crippen molar-refractivity contribution in [3.63, 3.8) is 0 Å². The number of hydrogen-bond donors (Lipinski definition) is 1. The summed E-state index contributed by atoms with van der Waals surface area (Å²) in [6, 6.07) is 3.75. The number of ether oxygens (including phenoxy) is 1. The molecule has 1 fully saturated rings. The van der Waals surface area contributed by atoms with Crippen molar-refractivity contribution < 1.29 is 9.53 Å². The molecule has 0 aliphatic carbocycles. The van der Waals surface area contributed by atoms with E-state index in [-0.39, 0.29) is 11.6 Å². The fraction of sp³-hybridized carbons (Fsp3) is 0.615. The number of alkyl carbamates (subject to hydrolysis) is 1. The summed E-state index contributed by atoms with van der Waals surface area (Å²) >= 11 is 0. The highest BCUT2D eigenvalue weighted by atomic mass is 16.6. The first-order chi connectivity index (χ1) is 8.77. The van der Waals surface area contributed by atoms with Crippen LogP contribution >= 0.6 is 0 Å². The molecule has 0 aromatic carbocycles. The van der Waals surface area contributed by atoms with Crippen LogP contribution in [-0.2, 0) is 4.74 Å². The Kier molecular flexibility index (Phi) is 3.34. The Morgan fingerprint density at radius 2 is 2.16 bits per heavy atom. The molecule has 1 aliphatic heterocycles. The van der Waals surface area contributed by atoms with Gasteiger partial charge in [-0.1, -0.05) is 0 Å². The van der Waals surface area contributed by atoms with Crippen molar-refractivity contribution in [3.05, 3.63) is 18.3 Å². The number of carbonyl (C=O) groups excluding carboxylic acids is 1. The molecule has 104 valence electrons. The number of rotatable bonds is 2. The van der Waals surface area contributed by atoms with Gasteiger partial charge in [0.05, 0.1) is 5.54 Å². The number of carbonyl (C=O) groups is 1. The zero-order valence-corrected chi connectivity index (χ0v) is 11.8. The van der Waals surface area contributed by atoms with Gasteiger partial charge in [-0.3, -0.25) is 0 Å². The highest BCUT2D eigenvalue weighted by Crippen LogP contribution is 2.25. The molecule has 1 saturated heterocycles. The Labute approximate surface area is 113 Å². The van der Waals surface area contributed by atoms with Crippen LogP contribution in [0.3, 0.4) is 0 Å². The van der Waals surface area contributed by atoms with Crippen molar-refractivity contribution in [1.29, 1.82) is 0 Å². The van der Waals surface area contributed by atoms with Crippen molar-refractivity contribution in [2.45, 2.75) is 38.8 Å². The summed E-state index contributed by atoms with van der Waals surface area (Å²) < 4.78 is 5.25. The van der Waals surface area contributed by atoms with Gasteiger partial charge in [0.15, 0.2) is 5.82 Å². The molecular formula is C13H20N4O2. The Balaban J connectivity index is 1.86. The molecule has 2 rings (SSSR count). The maximum Gasteiger partial charge on any atom is 0.408 e. The molecule has 6 nitrogen and oxygen atoms in total. The van der Waals surface area contributed by atoms with Gasteiger partial charge in [-0.05, 0) is 39.8 Å². The van der Waals surface area contributed by atoms with Crippen LogP contribution in [0.1, 0.15) is 27.7 Å². The second-order valence-corrected chi connectivity index (χ2v) is 6.13. The molecule has 0 saturated carbocycles. The summed E-state index contributed by atoms with van der Waals surface area (Å²) in [6.07, 6.45) is 1.26. The minimum atomic E-state index is -0.477. The zero-order valence-electron chi connectivity index (χ0n) is 11.8. The van der Waals surface area contributed by atoms with Crippen LogP contribution in [0.25, 0.3) is 0 Å². The third-order valence-corrected chi connectivity index (χ3v) is 2.76. The van der Waals surface area contributed by atoms with Crippen LogP contribution in [0.5, 0.6) is 0 Å². The molecule has 0 atom stereocenters. The molecule has 0 spiro atoms. The van der Waals surface area contributed by atoms with Crippen LogP contribution in [0, 0.1) is 0 Å². The van der Waals surface area contributed by atoms with Gasteiger partial charge in [-0.15, -0.1) is 5.10 Å². The van der Waals surface area contributed by atoms with Crippen LogP contribution in [-0.4, -0.2) is 40.5 Å². The number of aromatic nitrogens is 2. The molecular weight excluding hydrogens is 244 g/mol. The zero-order chi connectivity index (χ0) is 14.1. The first-order valence-corrected chi connectivity index (χ1v) is 6.31. The van der Waals surface area contributed by atoms with Gasteiger partial charge in [-0.25, -0.2) is 4.79 Å². The van der Waals surface area contributed by atoms with E-state index in [1.165, 1.54) is 0 Å². The van der Waals surface area contributed by atoms with Crippen molar-refractivity contribution in [3.8, 4) is 0 Å². The Morgan fingerprint density at radius 1 is 1.47 bits per heavy atom. The van der Waals surface area contributed by atoms with Crippen molar-refractivity contribution in [2.75, 3.05) is 18.0 Å². The monoisotopic (exact) mass is 264 g/mol. The van der Waals surface area contributed by atoms with Crippen molar-refractivity contribution in [2.24, 2.45) is 0 Å². The molecule has 2 heterocycles. The largest absolute Gasteiger partial charge is 0.444 e. The topological polar surface area (TPSA) is 67.3 Å². The van der Waals surface area contributed by atoms with E-state index in [4.69, 9.17) is 4.74 Å². The van der Waals surface area contributed by atoms with E-state index in [1.54, 1.807) is 6.20 Å². The molecule has 19 heavy (non-hydrogen) atoms. The fourth-order valence-corrected chi connectivity index (χ4v) is 2.05. The molecule has 0 bridgehead atoms. The second kappa shape index (κ2) is 4.68. The SMILES string of the molecule is CC1(NC(=O)OC(C)(C)C)CN(c2cccnn2)C1. The molecule has 6 heteroatoms. The smallest absolute Gasteiger partial charge is 0.408 e. The van der Waals surface area contributed by atoms with E-state index in [0.29, 0.717) is 13.1 Å². The lowest BCUT2D eigenvalue weighted by Gasteiger charge is -2.48. The van der Waals surface area contributed by atoms with Crippen LogP contribution in [0.4, 0.5) is 10.6 Å². The van der Waals surface area contributed by atoms with Gasteiger partial charge in [0.2, 0.25) is 0 Å². The van der Waals surface area contributed by atoms with Gasteiger partial charge in [-0.2, -0.15) is 5.10 Å². The van der Waals surface area contributed by atoms with Gasteiger partial charge in [0.25, 0.3) is 0 Å². The van der Waals surface area contributed by atoms with Crippen LogP contribution < -0.4 is 10.2 Å².